The summed E-state index contributed by atoms with van der Waals surface area (Å²) < 4.78 is 5.65. The maximum absolute atomic E-state index is 9.36. The van der Waals surface area contributed by atoms with Crippen LogP contribution in [0.1, 0.15) is 32.6 Å². The molecule has 2 N–H and O–H groups in total. The van der Waals surface area contributed by atoms with Gasteiger partial charge in [-0.2, -0.15) is 0 Å². The topological polar surface area (TPSA) is 44.7 Å². The number of ether oxygens (including phenoxy) is 1. The van der Waals surface area contributed by atoms with Crippen LogP contribution < -0.4 is 5.32 Å². The van der Waals surface area contributed by atoms with Crippen LogP contribution in [0, 0.1) is 11.3 Å². The van der Waals surface area contributed by atoms with Crippen LogP contribution >= 0.6 is 0 Å². The highest BCUT2D eigenvalue weighted by Crippen LogP contribution is 2.31. The van der Waals surface area contributed by atoms with Crippen molar-refractivity contribution in [1.82, 2.24) is 10.2 Å². The van der Waals surface area contributed by atoms with Crippen LogP contribution in [0.15, 0.2) is 0 Å². The lowest BCUT2D eigenvalue weighted by atomic mass is 9.81. The van der Waals surface area contributed by atoms with Crippen LogP contribution in [0.3, 0.4) is 0 Å². The zero-order valence-electron chi connectivity index (χ0n) is 12.5. The summed E-state index contributed by atoms with van der Waals surface area (Å²) in [7, 11) is 2.21. The molecule has 1 heterocycles. The second-order valence-corrected chi connectivity index (χ2v) is 6.67. The minimum atomic E-state index is -0.0339. The monoisotopic (exact) mass is 270 g/mol. The normalized spacial score (nSPS) is 34.7. The summed E-state index contributed by atoms with van der Waals surface area (Å²) in [6, 6.07) is 0. The summed E-state index contributed by atoms with van der Waals surface area (Å²) in [6.07, 6.45) is 4.30. The second-order valence-electron chi connectivity index (χ2n) is 6.67. The molecule has 112 valence electrons. The van der Waals surface area contributed by atoms with Crippen LogP contribution in [0.4, 0.5) is 0 Å². The lowest BCUT2D eigenvalue weighted by Gasteiger charge is -2.38. The van der Waals surface area contributed by atoms with Crippen LogP contribution in [0.2, 0.25) is 0 Å². The first-order valence-corrected chi connectivity index (χ1v) is 7.78. The number of aliphatic hydroxyl groups excluding tert-OH is 1. The zero-order chi connectivity index (χ0) is 13.7. The van der Waals surface area contributed by atoms with Crippen molar-refractivity contribution in [1.29, 1.82) is 0 Å². The molecule has 2 fully saturated rings. The third-order valence-corrected chi connectivity index (χ3v) is 4.50. The van der Waals surface area contributed by atoms with Gasteiger partial charge in [0.05, 0.1) is 12.7 Å². The van der Waals surface area contributed by atoms with Crippen molar-refractivity contribution in [2.45, 2.75) is 38.7 Å². The number of nitrogens with zero attached hydrogens (tertiary/aromatic N) is 1. The molecular formula is C15H30N2O2. The summed E-state index contributed by atoms with van der Waals surface area (Å²) in [4.78, 5) is 2.44. The van der Waals surface area contributed by atoms with Crippen LogP contribution in [-0.4, -0.2) is 62.6 Å². The van der Waals surface area contributed by atoms with Gasteiger partial charge < -0.3 is 20.1 Å². The van der Waals surface area contributed by atoms with Crippen LogP contribution in [0.25, 0.3) is 0 Å². The fourth-order valence-corrected chi connectivity index (χ4v) is 3.43. The standard InChI is InChI=1S/C15H30N2O2/c1-3-5-16-10-15(4-6-19-12-15)11-17(2)9-13-7-14(18)8-13/h13-14,16,18H,3-12H2,1-2H3. The largest absolute Gasteiger partial charge is 0.393 e. The van der Waals surface area contributed by atoms with Gasteiger partial charge in [-0.05, 0) is 45.2 Å². The summed E-state index contributed by atoms with van der Waals surface area (Å²) in [5, 5.41) is 12.9. The van der Waals surface area contributed by atoms with Crippen molar-refractivity contribution in [3.05, 3.63) is 0 Å². The van der Waals surface area contributed by atoms with E-state index in [-0.39, 0.29) is 6.10 Å². The van der Waals surface area contributed by atoms with E-state index in [0.29, 0.717) is 11.3 Å². The molecule has 0 aromatic heterocycles. The van der Waals surface area contributed by atoms with E-state index in [0.717, 1.165) is 52.2 Å². The van der Waals surface area contributed by atoms with Gasteiger partial charge >= 0.3 is 0 Å². The van der Waals surface area contributed by atoms with Crippen LogP contribution in [-0.2, 0) is 4.74 Å². The molecule has 1 unspecified atom stereocenters. The molecule has 1 aliphatic heterocycles. The highest BCUT2D eigenvalue weighted by atomic mass is 16.5. The van der Waals surface area contributed by atoms with E-state index in [2.05, 4.69) is 24.2 Å². The van der Waals surface area contributed by atoms with Crippen molar-refractivity contribution in [2.75, 3.05) is 46.4 Å². The first-order valence-electron chi connectivity index (χ1n) is 7.78. The summed E-state index contributed by atoms with van der Waals surface area (Å²) in [5.74, 6) is 0.697. The van der Waals surface area contributed by atoms with E-state index in [1.165, 1.54) is 12.8 Å². The number of hydrogen-bond donors (Lipinski definition) is 2. The van der Waals surface area contributed by atoms with Gasteiger partial charge in [0.25, 0.3) is 0 Å². The number of hydrogen-bond acceptors (Lipinski definition) is 4. The highest BCUT2D eigenvalue weighted by Gasteiger charge is 2.37. The van der Waals surface area contributed by atoms with Crippen molar-refractivity contribution in [3.8, 4) is 0 Å². The molecule has 0 aromatic carbocycles. The number of nitrogens with one attached hydrogen (secondary N) is 1. The van der Waals surface area contributed by atoms with Gasteiger partial charge in [-0.25, -0.2) is 0 Å². The molecule has 0 spiro atoms. The lowest BCUT2D eigenvalue weighted by molar-refractivity contribution is 0.0204. The first kappa shape index (κ1) is 15.2. The van der Waals surface area contributed by atoms with E-state index >= 15 is 0 Å². The van der Waals surface area contributed by atoms with Gasteiger partial charge in [0.2, 0.25) is 0 Å². The Bertz CT molecular complexity index is 261. The Morgan fingerprint density at radius 2 is 2.21 bits per heavy atom. The molecule has 4 heteroatoms. The Balaban J connectivity index is 1.75. The van der Waals surface area contributed by atoms with Gasteiger partial charge in [-0.15, -0.1) is 0 Å². The predicted molar refractivity (Wildman–Crippen MR) is 77.3 cm³/mol. The molecule has 0 bridgehead atoms. The minimum absolute atomic E-state index is 0.0339. The highest BCUT2D eigenvalue weighted by molar-refractivity contribution is 4.89. The Hall–Kier alpha value is -0.160. The minimum Gasteiger partial charge on any atom is -0.393 e. The summed E-state index contributed by atoms with van der Waals surface area (Å²) in [6.45, 7) is 8.39. The molecule has 19 heavy (non-hydrogen) atoms. The van der Waals surface area contributed by atoms with Gasteiger partial charge in [0.1, 0.15) is 0 Å². The van der Waals surface area contributed by atoms with E-state index < -0.39 is 0 Å². The third kappa shape index (κ3) is 4.42. The van der Waals surface area contributed by atoms with Crippen molar-refractivity contribution in [3.63, 3.8) is 0 Å². The molecule has 0 radical (unpaired) electrons. The van der Waals surface area contributed by atoms with E-state index in [1.54, 1.807) is 0 Å². The fourth-order valence-electron chi connectivity index (χ4n) is 3.43. The molecule has 0 aromatic rings. The van der Waals surface area contributed by atoms with Gasteiger partial charge in [-0.3, -0.25) is 0 Å². The van der Waals surface area contributed by atoms with E-state index in [9.17, 15) is 5.11 Å². The quantitative estimate of drug-likeness (QED) is 0.648. The van der Waals surface area contributed by atoms with Gasteiger partial charge in [0.15, 0.2) is 0 Å². The fraction of sp³-hybridized carbons (Fsp3) is 1.00. The smallest absolute Gasteiger partial charge is 0.0547 e. The predicted octanol–water partition coefficient (Wildman–Crippen LogP) is 1.10. The molecule has 1 saturated carbocycles. The molecule has 1 saturated heterocycles. The Morgan fingerprint density at radius 3 is 2.79 bits per heavy atom. The Morgan fingerprint density at radius 1 is 1.42 bits per heavy atom. The average Bonchev–Trinajstić information content (AvgIpc) is 2.76. The molecule has 2 rings (SSSR count). The zero-order valence-corrected chi connectivity index (χ0v) is 12.5. The Labute approximate surface area is 117 Å². The summed E-state index contributed by atoms with van der Waals surface area (Å²) in [5.41, 5.74) is 0.298. The molecule has 4 nitrogen and oxygen atoms in total. The molecule has 2 aliphatic rings. The van der Waals surface area contributed by atoms with Gasteiger partial charge in [-0.1, -0.05) is 6.92 Å². The lowest BCUT2D eigenvalue weighted by Crippen LogP contribution is -2.46. The number of rotatable bonds is 8. The summed E-state index contributed by atoms with van der Waals surface area (Å²) >= 11 is 0. The maximum atomic E-state index is 9.36. The van der Waals surface area contributed by atoms with E-state index in [4.69, 9.17) is 4.74 Å². The average molecular weight is 270 g/mol. The van der Waals surface area contributed by atoms with Crippen molar-refractivity contribution < 1.29 is 9.84 Å². The molecule has 1 aliphatic carbocycles. The second kappa shape index (κ2) is 7.02. The van der Waals surface area contributed by atoms with Gasteiger partial charge in [0, 0.05) is 31.7 Å². The molecular weight excluding hydrogens is 240 g/mol. The molecule has 0 amide bonds. The molecule has 1 atom stereocenters. The van der Waals surface area contributed by atoms with Crippen molar-refractivity contribution >= 4 is 0 Å². The van der Waals surface area contributed by atoms with Crippen LogP contribution in [0.5, 0.6) is 0 Å². The maximum Gasteiger partial charge on any atom is 0.0547 e. The van der Waals surface area contributed by atoms with Crippen molar-refractivity contribution in [2.24, 2.45) is 11.3 Å². The number of aliphatic hydroxyl groups is 1. The third-order valence-electron chi connectivity index (χ3n) is 4.50. The van der Waals surface area contributed by atoms with E-state index in [1.807, 2.05) is 0 Å². The SMILES string of the molecule is CCCNCC1(CN(C)CC2CC(O)C2)CCOC1. The first-order chi connectivity index (χ1) is 9.13. The Kier molecular flexibility index (Phi) is 5.63.